The molecule has 0 bridgehead atoms. The van der Waals surface area contributed by atoms with E-state index in [1.807, 2.05) is 12.1 Å². The Hall–Kier alpha value is -2.64. The van der Waals surface area contributed by atoms with Crippen LogP contribution in [0.25, 0.3) is 11.3 Å². The summed E-state index contributed by atoms with van der Waals surface area (Å²) in [6, 6.07) is 7.31. The van der Waals surface area contributed by atoms with Crippen molar-refractivity contribution in [2.45, 2.75) is 39.8 Å². The van der Waals surface area contributed by atoms with Crippen molar-refractivity contribution >= 4 is 22.9 Å². The molecular weight excluding hydrogens is 386 g/mol. The average molecular weight is 414 g/mol. The normalized spacial score (nSPS) is 12.2. The van der Waals surface area contributed by atoms with Crippen LogP contribution in [0.4, 0.5) is 5.69 Å². The monoisotopic (exact) mass is 413 g/mol. The number of amides is 1. The third-order valence-corrected chi connectivity index (χ3v) is 5.69. The molecule has 7 heteroatoms. The van der Waals surface area contributed by atoms with E-state index >= 15 is 0 Å². The summed E-state index contributed by atoms with van der Waals surface area (Å²) in [5.74, 6) is 1.57. The number of oxazole rings is 1. The van der Waals surface area contributed by atoms with E-state index in [4.69, 9.17) is 9.15 Å². The van der Waals surface area contributed by atoms with Crippen LogP contribution in [0.1, 0.15) is 30.7 Å². The number of thiophene rings is 1. The van der Waals surface area contributed by atoms with Gasteiger partial charge in [0.05, 0.1) is 24.9 Å². The van der Waals surface area contributed by atoms with E-state index in [9.17, 15) is 4.79 Å². The fourth-order valence-electron chi connectivity index (χ4n) is 3.11. The van der Waals surface area contributed by atoms with Gasteiger partial charge in [0.2, 0.25) is 5.91 Å². The van der Waals surface area contributed by atoms with Crippen molar-refractivity contribution in [1.82, 2.24) is 10.3 Å². The van der Waals surface area contributed by atoms with E-state index in [1.165, 1.54) is 16.8 Å². The topological polar surface area (TPSA) is 76.4 Å². The van der Waals surface area contributed by atoms with Gasteiger partial charge < -0.3 is 19.8 Å². The predicted octanol–water partition coefficient (Wildman–Crippen LogP) is 4.86. The minimum Gasteiger partial charge on any atom is -0.496 e. The number of aryl methyl sites for hydroxylation is 1. The molecule has 0 unspecified atom stereocenters. The Labute approximate surface area is 175 Å². The molecule has 2 N–H and O–H groups in total. The van der Waals surface area contributed by atoms with Gasteiger partial charge in [-0.2, -0.15) is 0 Å². The van der Waals surface area contributed by atoms with E-state index < -0.39 is 0 Å². The molecule has 0 spiro atoms. The summed E-state index contributed by atoms with van der Waals surface area (Å²) in [6.45, 7) is 7.01. The molecule has 0 aliphatic carbocycles. The van der Waals surface area contributed by atoms with Crippen molar-refractivity contribution in [2.75, 3.05) is 12.4 Å². The third kappa shape index (κ3) is 5.46. The molecule has 2 aromatic heterocycles. The molecule has 1 atom stereocenters. The molecule has 1 aromatic carbocycles. The molecule has 0 radical (unpaired) electrons. The molecule has 2 heterocycles. The first-order valence-electron chi connectivity index (χ1n) is 9.62. The number of benzene rings is 1. The zero-order chi connectivity index (χ0) is 20.8. The molecular formula is C22H27N3O3S. The van der Waals surface area contributed by atoms with Gasteiger partial charge in [0.25, 0.3) is 0 Å². The fourth-order valence-corrected chi connectivity index (χ4v) is 3.96. The number of hydrogen-bond acceptors (Lipinski definition) is 6. The number of aromatic nitrogens is 1. The maximum absolute atomic E-state index is 13.0. The van der Waals surface area contributed by atoms with Crippen LogP contribution in [0.2, 0.25) is 0 Å². The number of rotatable bonds is 9. The van der Waals surface area contributed by atoms with Crippen LogP contribution >= 0.6 is 11.3 Å². The van der Waals surface area contributed by atoms with E-state index in [0.717, 1.165) is 12.0 Å². The summed E-state index contributed by atoms with van der Waals surface area (Å²) in [5, 5.41) is 8.51. The van der Waals surface area contributed by atoms with E-state index in [2.05, 4.69) is 47.8 Å². The van der Waals surface area contributed by atoms with Gasteiger partial charge in [-0.05, 0) is 48.4 Å². The Morgan fingerprint density at radius 1 is 1.31 bits per heavy atom. The summed E-state index contributed by atoms with van der Waals surface area (Å²) in [7, 11) is 1.59. The Kier molecular flexibility index (Phi) is 7.06. The lowest BCUT2D eigenvalue weighted by Gasteiger charge is -2.20. The highest BCUT2D eigenvalue weighted by Crippen LogP contribution is 2.32. The number of methoxy groups -OCH3 is 1. The van der Waals surface area contributed by atoms with Gasteiger partial charge in [-0.15, -0.1) is 11.3 Å². The van der Waals surface area contributed by atoms with Crippen LogP contribution in [-0.4, -0.2) is 24.0 Å². The van der Waals surface area contributed by atoms with E-state index in [1.54, 1.807) is 30.7 Å². The SMILES string of the molecule is COc1cc(NC(=O)[C@@H](CC(C)C)NCc2sccc2C)ccc1-c1cnco1. The van der Waals surface area contributed by atoms with Gasteiger partial charge in [-0.1, -0.05) is 13.8 Å². The zero-order valence-corrected chi connectivity index (χ0v) is 18.0. The largest absolute Gasteiger partial charge is 0.496 e. The lowest BCUT2D eigenvalue weighted by Crippen LogP contribution is -2.41. The van der Waals surface area contributed by atoms with Crippen molar-refractivity contribution in [1.29, 1.82) is 0 Å². The van der Waals surface area contributed by atoms with Gasteiger partial charge in [0.1, 0.15) is 5.75 Å². The Morgan fingerprint density at radius 2 is 2.14 bits per heavy atom. The van der Waals surface area contributed by atoms with Crippen LogP contribution in [0.15, 0.2) is 46.7 Å². The number of hydrogen-bond donors (Lipinski definition) is 2. The standard InChI is InChI=1S/C22H27N3O3S/c1-14(2)9-18(24-12-21-15(3)7-8-29-21)22(26)25-16-5-6-17(19(10-16)27-4)20-11-23-13-28-20/h5-8,10-11,13-14,18,24H,9,12H2,1-4H3,(H,25,26)/t18-/m1/s1. The summed E-state index contributed by atoms with van der Waals surface area (Å²) >= 11 is 1.71. The molecule has 0 saturated carbocycles. The number of ether oxygens (including phenoxy) is 1. The van der Waals surface area contributed by atoms with Gasteiger partial charge in [0, 0.05) is 23.2 Å². The maximum Gasteiger partial charge on any atom is 0.241 e. The highest BCUT2D eigenvalue weighted by atomic mass is 32.1. The van der Waals surface area contributed by atoms with Gasteiger partial charge in [-0.3, -0.25) is 4.79 Å². The molecule has 1 amide bonds. The average Bonchev–Trinajstić information content (AvgIpc) is 3.36. The molecule has 3 rings (SSSR count). The summed E-state index contributed by atoms with van der Waals surface area (Å²) in [4.78, 5) is 18.2. The van der Waals surface area contributed by atoms with E-state index in [0.29, 0.717) is 29.7 Å². The van der Waals surface area contributed by atoms with Gasteiger partial charge in [0.15, 0.2) is 12.2 Å². The van der Waals surface area contributed by atoms with Crippen LogP contribution < -0.4 is 15.4 Å². The van der Waals surface area contributed by atoms with Crippen molar-refractivity contribution in [2.24, 2.45) is 5.92 Å². The predicted molar refractivity (Wildman–Crippen MR) is 116 cm³/mol. The Bertz CT molecular complexity index is 935. The van der Waals surface area contributed by atoms with Crippen molar-refractivity contribution in [3.63, 3.8) is 0 Å². The lowest BCUT2D eigenvalue weighted by atomic mass is 10.0. The molecule has 154 valence electrons. The van der Waals surface area contributed by atoms with E-state index in [-0.39, 0.29) is 11.9 Å². The first-order valence-corrected chi connectivity index (χ1v) is 10.5. The van der Waals surface area contributed by atoms with Crippen LogP contribution in [0.3, 0.4) is 0 Å². The minimum atomic E-state index is -0.281. The fraction of sp³-hybridized carbons (Fsp3) is 0.364. The molecule has 3 aromatic rings. The van der Waals surface area contributed by atoms with Crippen LogP contribution in [-0.2, 0) is 11.3 Å². The zero-order valence-electron chi connectivity index (χ0n) is 17.2. The Morgan fingerprint density at radius 3 is 2.76 bits per heavy atom. The van der Waals surface area contributed by atoms with Crippen molar-refractivity contribution in [3.05, 3.63) is 52.7 Å². The second-order valence-electron chi connectivity index (χ2n) is 7.36. The number of anilines is 1. The second-order valence-corrected chi connectivity index (χ2v) is 8.36. The molecule has 6 nitrogen and oxygen atoms in total. The molecule has 0 saturated heterocycles. The number of carbonyl (C=O) groups excluding carboxylic acids is 1. The Balaban J connectivity index is 1.72. The molecule has 0 fully saturated rings. The van der Waals surface area contributed by atoms with Crippen molar-refractivity contribution in [3.8, 4) is 17.1 Å². The highest BCUT2D eigenvalue weighted by molar-refractivity contribution is 7.10. The van der Waals surface area contributed by atoms with Gasteiger partial charge >= 0.3 is 0 Å². The molecule has 0 aliphatic rings. The van der Waals surface area contributed by atoms with Crippen molar-refractivity contribution < 1.29 is 13.9 Å². The van der Waals surface area contributed by atoms with Crippen LogP contribution in [0.5, 0.6) is 5.75 Å². The minimum absolute atomic E-state index is 0.0534. The first-order chi connectivity index (χ1) is 14.0. The first kappa shape index (κ1) is 21.1. The maximum atomic E-state index is 13.0. The quantitative estimate of drug-likeness (QED) is 0.524. The lowest BCUT2D eigenvalue weighted by molar-refractivity contribution is -0.118. The highest BCUT2D eigenvalue weighted by Gasteiger charge is 2.21. The smallest absolute Gasteiger partial charge is 0.241 e. The summed E-state index contributed by atoms with van der Waals surface area (Å²) in [6.07, 6.45) is 3.76. The van der Waals surface area contributed by atoms with Crippen LogP contribution in [0, 0.1) is 12.8 Å². The summed E-state index contributed by atoms with van der Waals surface area (Å²) < 4.78 is 10.8. The second kappa shape index (κ2) is 9.71. The number of nitrogens with one attached hydrogen (secondary N) is 2. The summed E-state index contributed by atoms with van der Waals surface area (Å²) in [5.41, 5.74) is 2.71. The third-order valence-electron chi connectivity index (χ3n) is 4.67. The molecule has 0 aliphatic heterocycles. The number of carbonyl (C=O) groups is 1. The number of nitrogens with zero attached hydrogens (tertiary/aromatic N) is 1. The van der Waals surface area contributed by atoms with Gasteiger partial charge in [-0.25, -0.2) is 4.98 Å². The molecule has 29 heavy (non-hydrogen) atoms.